The highest BCUT2D eigenvalue weighted by atomic mass is 35.5. The fourth-order valence-corrected chi connectivity index (χ4v) is 3.82. The second-order valence-corrected chi connectivity index (χ2v) is 6.91. The number of ether oxygens (including phenoxy) is 1. The lowest BCUT2D eigenvalue weighted by Crippen LogP contribution is -2.14. The maximum atomic E-state index is 14.9. The third-order valence-electron chi connectivity index (χ3n) is 4.77. The molecule has 0 spiro atoms. The molecule has 0 amide bonds. The van der Waals surface area contributed by atoms with Crippen molar-refractivity contribution < 1.29 is 9.13 Å². The van der Waals surface area contributed by atoms with Gasteiger partial charge in [-0.1, -0.05) is 48.0 Å². The molecule has 3 aromatic rings. The van der Waals surface area contributed by atoms with Crippen molar-refractivity contribution >= 4 is 17.3 Å². The Labute approximate surface area is 162 Å². The zero-order chi connectivity index (χ0) is 18.8. The Morgan fingerprint density at radius 1 is 1.04 bits per heavy atom. The molecule has 1 atom stereocenters. The molecule has 0 fully saturated rings. The van der Waals surface area contributed by atoms with E-state index in [-0.39, 0.29) is 11.9 Å². The number of hydrogen-bond acceptors (Lipinski definition) is 3. The molecule has 27 heavy (non-hydrogen) atoms. The average Bonchev–Trinajstić information content (AvgIpc) is 3.12. The Balaban J connectivity index is 1.81. The molecule has 0 bridgehead atoms. The van der Waals surface area contributed by atoms with Crippen molar-refractivity contribution in [1.29, 1.82) is 0 Å². The van der Waals surface area contributed by atoms with Gasteiger partial charge in [0, 0.05) is 46.9 Å². The van der Waals surface area contributed by atoms with E-state index < -0.39 is 0 Å². The summed E-state index contributed by atoms with van der Waals surface area (Å²) < 4.78 is 21.0. The van der Waals surface area contributed by atoms with E-state index in [0.717, 1.165) is 16.9 Å². The summed E-state index contributed by atoms with van der Waals surface area (Å²) >= 11 is 6.54. The largest absolute Gasteiger partial charge is 0.485 e. The summed E-state index contributed by atoms with van der Waals surface area (Å²) in [5.41, 5.74) is 9.45. The molecule has 0 aromatic heterocycles. The molecular weight excluding hydrogens is 363 g/mol. The van der Waals surface area contributed by atoms with Crippen LogP contribution < -0.4 is 15.8 Å². The van der Waals surface area contributed by atoms with Gasteiger partial charge in [-0.05, 0) is 29.8 Å². The lowest BCUT2D eigenvalue weighted by molar-refractivity contribution is 0.238. The lowest BCUT2D eigenvalue weighted by Gasteiger charge is -2.16. The number of nitrogens with one attached hydrogen (secondary N) is 1. The maximum Gasteiger partial charge on any atom is 0.133 e. The summed E-state index contributed by atoms with van der Waals surface area (Å²) in [5, 5.41) is 3.71. The van der Waals surface area contributed by atoms with Crippen LogP contribution in [0.1, 0.15) is 17.2 Å². The first-order chi connectivity index (χ1) is 13.2. The Bertz CT molecular complexity index is 962. The molecule has 3 aromatic carbocycles. The minimum Gasteiger partial charge on any atom is -0.485 e. The van der Waals surface area contributed by atoms with Gasteiger partial charge in [0.1, 0.15) is 17.7 Å². The Morgan fingerprint density at radius 2 is 1.85 bits per heavy atom. The molecule has 0 radical (unpaired) electrons. The molecule has 1 heterocycles. The number of halogens is 2. The van der Waals surface area contributed by atoms with Crippen LogP contribution >= 0.6 is 11.6 Å². The summed E-state index contributed by atoms with van der Waals surface area (Å²) in [7, 11) is 0. The van der Waals surface area contributed by atoms with Crippen LogP contribution in [0, 0.1) is 5.82 Å². The predicted molar refractivity (Wildman–Crippen MR) is 108 cm³/mol. The highest BCUT2D eigenvalue weighted by Crippen LogP contribution is 2.47. The van der Waals surface area contributed by atoms with Crippen LogP contribution in [-0.2, 0) is 6.42 Å². The summed E-state index contributed by atoms with van der Waals surface area (Å²) in [6.07, 6.45) is 0.533. The Kier molecular flexibility index (Phi) is 5.01. The van der Waals surface area contributed by atoms with Gasteiger partial charge in [-0.15, -0.1) is 0 Å². The Hall–Kier alpha value is -2.56. The molecule has 3 nitrogen and oxygen atoms in total. The number of rotatable bonds is 5. The minimum atomic E-state index is -0.324. The third kappa shape index (κ3) is 3.38. The van der Waals surface area contributed by atoms with Crippen LogP contribution in [0.4, 0.5) is 10.1 Å². The van der Waals surface area contributed by atoms with Crippen LogP contribution in [0.25, 0.3) is 11.1 Å². The van der Waals surface area contributed by atoms with Crippen molar-refractivity contribution in [3.63, 3.8) is 0 Å². The molecule has 0 aliphatic carbocycles. The van der Waals surface area contributed by atoms with Gasteiger partial charge >= 0.3 is 0 Å². The monoisotopic (exact) mass is 382 g/mol. The van der Waals surface area contributed by atoms with Crippen LogP contribution in [0.5, 0.6) is 5.75 Å². The van der Waals surface area contributed by atoms with E-state index in [1.54, 1.807) is 12.1 Å². The first-order valence-corrected chi connectivity index (χ1v) is 9.32. The molecule has 1 aliphatic heterocycles. The molecule has 0 saturated carbocycles. The van der Waals surface area contributed by atoms with Gasteiger partial charge in [0.05, 0.1) is 0 Å². The second-order valence-electron chi connectivity index (χ2n) is 6.50. The molecule has 1 aliphatic rings. The van der Waals surface area contributed by atoms with Crippen molar-refractivity contribution in [2.75, 3.05) is 18.4 Å². The van der Waals surface area contributed by atoms with E-state index in [2.05, 4.69) is 5.32 Å². The van der Waals surface area contributed by atoms with Gasteiger partial charge < -0.3 is 15.8 Å². The summed E-state index contributed by atoms with van der Waals surface area (Å²) in [6.45, 7) is 1.00. The molecule has 3 N–H and O–H groups in total. The van der Waals surface area contributed by atoms with E-state index in [9.17, 15) is 4.39 Å². The highest BCUT2D eigenvalue weighted by molar-refractivity contribution is 6.33. The van der Waals surface area contributed by atoms with E-state index >= 15 is 0 Å². The third-order valence-corrected chi connectivity index (χ3v) is 5.09. The Morgan fingerprint density at radius 3 is 2.63 bits per heavy atom. The van der Waals surface area contributed by atoms with E-state index in [0.29, 0.717) is 41.3 Å². The van der Waals surface area contributed by atoms with Crippen LogP contribution in [-0.4, -0.2) is 13.1 Å². The van der Waals surface area contributed by atoms with Gasteiger partial charge in [0.15, 0.2) is 0 Å². The topological polar surface area (TPSA) is 47.3 Å². The van der Waals surface area contributed by atoms with Crippen LogP contribution in [0.15, 0.2) is 60.7 Å². The van der Waals surface area contributed by atoms with E-state index in [1.165, 1.54) is 6.07 Å². The molecule has 5 heteroatoms. The first kappa shape index (κ1) is 17.8. The fourth-order valence-electron chi connectivity index (χ4n) is 3.55. The van der Waals surface area contributed by atoms with Crippen LogP contribution in [0.3, 0.4) is 0 Å². The maximum absolute atomic E-state index is 14.9. The van der Waals surface area contributed by atoms with Crippen molar-refractivity contribution in [2.24, 2.45) is 5.73 Å². The van der Waals surface area contributed by atoms with Crippen molar-refractivity contribution in [3.05, 3.63) is 82.6 Å². The number of anilines is 1. The standard InChI is InChI=1S/C22H20ClFN2O/c23-16-9-10-19-15(13-20(27-19)14-5-2-1-3-6-14)21(16)22-17(24)7-4-8-18(22)26-12-11-25/h1-10,20,26H,11-13,25H2. The fraction of sp³-hybridized carbons (Fsp3) is 0.182. The minimum absolute atomic E-state index is 0.106. The predicted octanol–water partition coefficient (Wildman–Crippen LogP) is 5.19. The number of benzene rings is 3. The highest BCUT2D eigenvalue weighted by Gasteiger charge is 2.30. The van der Waals surface area contributed by atoms with E-state index in [4.69, 9.17) is 22.1 Å². The zero-order valence-corrected chi connectivity index (χ0v) is 15.5. The smallest absolute Gasteiger partial charge is 0.133 e. The second kappa shape index (κ2) is 7.59. The average molecular weight is 383 g/mol. The molecular formula is C22H20ClFN2O. The van der Waals surface area contributed by atoms with Crippen molar-refractivity contribution in [2.45, 2.75) is 12.5 Å². The SMILES string of the molecule is NCCNc1cccc(F)c1-c1c(Cl)ccc2c1CC(c1ccccc1)O2. The molecule has 138 valence electrons. The van der Waals surface area contributed by atoms with Crippen molar-refractivity contribution in [3.8, 4) is 16.9 Å². The summed E-state index contributed by atoms with van der Waals surface area (Å²) in [5.74, 6) is 0.423. The molecule has 4 rings (SSSR count). The van der Waals surface area contributed by atoms with Gasteiger partial charge in [-0.2, -0.15) is 0 Å². The van der Waals surface area contributed by atoms with Gasteiger partial charge in [-0.3, -0.25) is 0 Å². The van der Waals surface area contributed by atoms with Crippen molar-refractivity contribution in [1.82, 2.24) is 0 Å². The van der Waals surface area contributed by atoms with E-state index in [1.807, 2.05) is 42.5 Å². The molecule has 1 unspecified atom stereocenters. The quantitative estimate of drug-likeness (QED) is 0.638. The first-order valence-electron chi connectivity index (χ1n) is 8.95. The number of fused-ring (bicyclic) bond motifs is 1. The summed E-state index contributed by atoms with van der Waals surface area (Å²) in [6, 6.07) is 18.6. The van der Waals surface area contributed by atoms with Gasteiger partial charge in [-0.25, -0.2) is 4.39 Å². The zero-order valence-electron chi connectivity index (χ0n) is 14.7. The van der Waals surface area contributed by atoms with Gasteiger partial charge in [0.2, 0.25) is 0 Å². The summed E-state index contributed by atoms with van der Waals surface area (Å²) in [4.78, 5) is 0. The number of nitrogens with two attached hydrogens (primary N) is 1. The lowest BCUT2D eigenvalue weighted by atomic mass is 9.93. The van der Waals surface area contributed by atoms with Gasteiger partial charge in [0.25, 0.3) is 0 Å². The number of hydrogen-bond donors (Lipinski definition) is 2. The molecule has 0 saturated heterocycles. The normalized spacial score (nSPS) is 15.3. The van der Waals surface area contributed by atoms with Crippen LogP contribution in [0.2, 0.25) is 5.02 Å².